The third kappa shape index (κ3) is 3.48. The first kappa shape index (κ1) is 23.4. The number of hydrazone groups is 2. The van der Waals surface area contributed by atoms with Crippen LogP contribution in [-0.2, 0) is 0 Å². The minimum atomic E-state index is -0.986. The average Bonchev–Trinajstić information content (AvgIpc) is 3.37. The maximum atomic E-state index is 14.0. The van der Waals surface area contributed by atoms with Gasteiger partial charge in [0.1, 0.15) is 0 Å². The second-order valence-electron chi connectivity index (χ2n) is 9.78. The Bertz CT molecular complexity index is 1400. The smallest absolute Gasteiger partial charge is 0.267 e. The molecule has 2 aliphatic heterocycles. The van der Waals surface area contributed by atoms with Crippen molar-refractivity contribution >= 4 is 28.7 Å². The van der Waals surface area contributed by atoms with Gasteiger partial charge in [-0.25, -0.2) is 10.0 Å². The van der Waals surface area contributed by atoms with Crippen molar-refractivity contribution in [3.63, 3.8) is 0 Å². The SMILES string of the molecule is CC1=NN(C(=O)c2ccc(C)cc2)C2(CC(c3ccccc3)=NN2c2ccc([N+](=O)[O-])cc2)C1(C)C. The summed E-state index contributed by atoms with van der Waals surface area (Å²) in [5.74, 6) is -0.226. The molecule has 0 fully saturated rings. The van der Waals surface area contributed by atoms with Crippen LogP contribution in [0.5, 0.6) is 0 Å². The minimum absolute atomic E-state index is 0.00930. The van der Waals surface area contributed by atoms with Crippen LogP contribution in [0.2, 0.25) is 0 Å². The fourth-order valence-corrected chi connectivity index (χ4v) is 4.92. The van der Waals surface area contributed by atoms with Gasteiger partial charge in [-0.05, 0) is 43.7 Å². The molecule has 182 valence electrons. The Labute approximate surface area is 209 Å². The Morgan fingerprint density at radius 3 is 2.17 bits per heavy atom. The number of nitro benzene ring substituents is 1. The number of rotatable bonds is 4. The number of anilines is 1. The second-order valence-corrected chi connectivity index (χ2v) is 9.78. The topological polar surface area (TPSA) is 91.4 Å². The number of hydrogen-bond donors (Lipinski definition) is 0. The molecule has 3 aromatic carbocycles. The summed E-state index contributed by atoms with van der Waals surface area (Å²) in [6.45, 7) is 8.04. The number of aryl methyl sites for hydroxylation is 1. The van der Waals surface area contributed by atoms with Gasteiger partial charge < -0.3 is 0 Å². The van der Waals surface area contributed by atoms with Crippen LogP contribution in [0.4, 0.5) is 11.4 Å². The van der Waals surface area contributed by atoms with Crippen molar-refractivity contribution in [2.24, 2.45) is 15.6 Å². The van der Waals surface area contributed by atoms with Gasteiger partial charge in [-0.3, -0.25) is 14.9 Å². The molecule has 8 heteroatoms. The van der Waals surface area contributed by atoms with Crippen LogP contribution in [0.1, 0.15) is 48.7 Å². The fraction of sp³-hybridized carbons (Fsp3) is 0.250. The van der Waals surface area contributed by atoms with Crippen LogP contribution in [-0.4, -0.2) is 32.9 Å². The molecule has 5 rings (SSSR count). The Kier molecular flexibility index (Phi) is 5.47. The number of carbonyl (C=O) groups excluding carboxylic acids is 1. The number of carbonyl (C=O) groups is 1. The van der Waals surface area contributed by atoms with Gasteiger partial charge in [0, 0.05) is 29.8 Å². The Balaban J connectivity index is 1.69. The van der Waals surface area contributed by atoms with Gasteiger partial charge in [0.2, 0.25) is 0 Å². The summed E-state index contributed by atoms with van der Waals surface area (Å²) < 4.78 is 0. The minimum Gasteiger partial charge on any atom is -0.267 e. The normalized spacial score (nSPS) is 20.4. The van der Waals surface area contributed by atoms with Crippen molar-refractivity contribution in [1.82, 2.24) is 5.01 Å². The van der Waals surface area contributed by atoms with Crippen LogP contribution in [0.15, 0.2) is 89.1 Å². The standard InChI is InChI=1S/C28H27N5O3/c1-19-10-12-22(13-11-19)26(34)32-28(27(3,4)20(2)29-32)18-25(21-8-6-5-7-9-21)30-31(28)23-14-16-24(17-15-23)33(35)36/h5-17H,18H2,1-4H3. The van der Waals surface area contributed by atoms with Gasteiger partial charge in [-0.1, -0.05) is 61.9 Å². The number of non-ortho nitro benzene ring substituents is 1. The highest BCUT2D eigenvalue weighted by Gasteiger charge is 2.64. The molecular formula is C28H27N5O3. The van der Waals surface area contributed by atoms with Crippen LogP contribution in [0.25, 0.3) is 0 Å². The van der Waals surface area contributed by atoms with Crippen molar-refractivity contribution in [2.75, 3.05) is 5.01 Å². The van der Waals surface area contributed by atoms with E-state index in [1.54, 1.807) is 17.1 Å². The van der Waals surface area contributed by atoms with E-state index in [1.165, 1.54) is 12.1 Å². The highest BCUT2D eigenvalue weighted by Crippen LogP contribution is 2.53. The number of nitro groups is 1. The summed E-state index contributed by atoms with van der Waals surface area (Å²) in [6, 6.07) is 23.6. The monoisotopic (exact) mass is 481 g/mol. The maximum Gasteiger partial charge on any atom is 0.276 e. The van der Waals surface area contributed by atoms with E-state index in [0.29, 0.717) is 17.7 Å². The second kappa shape index (κ2) is 8.41. The molecule has 3 aromatic rings. The van der Waals surface area contributed by atoms with Crippen molar-refractivity contribution in [3.8, 4) is 0 Å². The maximum absolute atomic E-state index is 14.0. The molecule has 8 nitrogen and oxygen atoms in total. The highest BCUT2D eigenvalue weighted by atomic mass is 16.6. The van der Waals surface area contributed by atoms with Gasteiger partial charge >= 0.3 is 0 Å². The van der Waals surface area contributed by atoms with E-state index >= 15 is 0 Å². The van der Waals surface area contributed by atoms with Crippen LogP contribution >= 0.6 is 0 Å². The zero-order valence-electron chi connectivity index (χ0n) is 20.7. The van der Waals surface area contributed by atoms with E-state index in [-0.39, 0.29) is 11.6 Å². The van der Waals surface area contributed by atoms with Gasteiger partial charge in [-0.2, -0.15) is 10.2 Å². The molecule has 1 atom stereocenters. The van der Waals surface area contributed by atoms with Gasteiger partial charge in [0.25, 0.3) is 11.6 Å². The Hall–Kier alpha value is -4.33. The molecule has 0 radical (unpaired) electrons. The quantitative estimate of drug-likeness (QED) is 0.349. The molecule has 36 heavy (non-hydrogen) atoms. The molecule has 1 amide bonds. The first-order chi connectivity index (χ1) is 17.1. The van der Waals surface area contributed by atoms with E-state index < -0.39 is 16.0 Å². The predicted molar refractivity (Wildman–Crippen MR) is 140 cm³/mol. The summed E-state index contributed by atoms with van der Waals surface area (Å²) in [5, 5.41) is 24.5. The first-order valence-electron chi connectivity index (χ1n) is 11.8. The molecule has 1 unspecified atom stereocenters. The van der Waals surface area contributed by atoms with Crippen molar-refractivity contribution < 1.29 is 9.72 Å². The lowest BCUT2D eigenvalue weighted by atomic mass is 9.72. The van der Waals surface area contributed by atoms with Gasteiger partial charge in [0.05, 0.1) is 21.7 Å². The zero-order chi connectivity index (χ0) is 25.7. The number of amides is 1. The first-order valence-corrected chi connectivity index (χ1v) is 11.8. The molecular weight excluding hydrogens is 454 g/mol. The number of nitrogens with zero attached hydrogens (tertiary/aromatic N) is 5. The average molecular weight is 482 g/mol. The van der Waals surface area contributed by atoms with E-state index in [4.69, 9.17) is 10.2 Å². The molecule has 0 aromatic heterocycles. The molecule has 2 heterocycles. The van der Waals surface area contributed by atoms with Gasteiger partial charge in [0.15, 0.2) is 5.66 Å². The predicted octanol–water partition coefficient (Wildman–Crippen LogP) is 5.77. The molecule has 0 saturated carbocycles. The molecule has 1 spiro atoms. The molecule has 2 aliphatic rings. The zero-order valence-corrected chi connectivity index (χ0v) is 20.7. The van der Waals surface area contributed by atoms with Crippen LogP contribution in [0, 0.1) is 22.5 Å². The summed E-state index contributed by atoms with van der Waals surface area (Å²) in [7, 11) is 0. The summed E-state index contributed by atoms with van der Waals surface area (Å²) in [6.07, 6.45) is 0.430. The molecule has 0 N–H and O–H groups in total. The summed E-state index contributed by atoms with van der Waals surface area (Å²) >= 11 is 0. The Morgan fingerprint density at radius 2 is 1.56 bits per heavy atom. The van der Waals surface area contributed by atoms with E-state index in [9.17, 15) is 14.9 Å². The lowest BCUT2D eigenvalue weighted by molar-refractivity contribution is -0.384. The lowest BCUT2D eigenvalue weighted by Crippen LogP contribution is -2.63. The van der Waals surface area contributed by atoms with Crippen molar-refractivity contribution in [2.45, 2.75) is 39.8 Å². The lowest BCUT2D eigenvalue weighted by Gasteiger charge is -2.47. The van der Waals surface area contributed by atoms with Gasteiger partial charge in [-0.15, -0.1) is 0 Å². The van der Waals surface area contributed by atoms with E-state index in [0.717, 1.165) is 22.6 Å². The summed E-state index contributed by atoms with van der Waals surface area (Å²) in [4.78, 5) is 24.8. The van der Waals surface area contributed by atoms with Crippen molar-refractivity contribution in [3.05, 3.63) is 106 Å². The van der Waals surface area contributed by atoms with Crippen molar-refractivity contribution in [1.29, 1.82) is 0 Å². The van der Waals surface area contributed by atoms with E-state index in [2.05, 4.69) is 13.8 Å². The fourth-order valence-electron chi connectivity index (χ4n) is 4.92. The highest BCUT2D eigenvalue weighted by molar-refractivity contribution is 6.08. The van der Waals surface area contributed by atoms with Crippen LogP contribution in [0.3, 0.4) is 0 Å². The third-order valence-electron chi connectivity index (χ3n) is 7.39. The van der Waals surface area contributed by atoms with Crippen LogP contribution < -0.4 is 5.01 Å². The molecule has 0 aliphatic carbocycles. The largest absolute Gasteiger partial charge is 0.276 e. The third-order valence-corrected chi connectivity index (χ3v) is 7.39. The number of benzene rings is 3. The molecule has 0 saturated heterocycles. The van der Waals surface area contributed by atoms with E-state index in [1.807, 2.05) is 73.5 Å². The summed E-state index contributed by atoms with van der Waals surface area (Å²) in [5.41, 5.74) is 3.22. The Morgan fingerprint density at radius 1 is 0.917 bits per heavy atom. The number of hydrogen-bond acceptors (Lipinski definition) is 6. The molecule has 0 bridgehead atoms.